The number of amides is 1. The molecule has 0 aromatic rings. The Hall–Kier alpha value is -1.82. The number of hydrogen-bond acceptors (Lipinski definition) is 3. The van der Waals surface area contributed by atoms with Gasteiger partial charge >= 0.3 is 0 Å². The molecule has 23 heavy (non-hydrogen) atoms. The number of aliphatic imine (C=N–C) groups is 1. The first-order valence-electron chi connectivity index (χ1n) is 8.15. The zero-order valence-electron chi connectivity index (χ0n) is 14.8. The van der Waals surface area contributed by atoms with Crippen LogP contribution in [0.15, 0.2) is 29.8 Å². The molecule has 0 aliphatic carbocycles. The highest BCUT2D eigenvalue weighted by atomic mass is 16.2. The highest BCUT2D eigenvalue weighted by Crippen LogP contribution is 2.11. The Labute approximate surface area is 140 Å². The van der Waals surface area contributed by atoms with E-state index in [1.54, 1.807) is 25.1 Å². The molecule has 2 N–H and O–H groups in total. The summed E-state index contributed by atoms with van der Waals surface area (Å²) in [5, 5.41) is 6.61. The van der Waals surface area contributed by atoms with Gasteiger partial charge in [0.15, 0.2) is 5.96 Å². The van der Waals surface area contributed by atoms with E-state index < -0.39 is 0 Å². The van der Waals surface area contributed by atoms with Crippen molar-refractivity contribution in [1.82, 2.24) is 20.4 Å². The molecule has 1 saturated heterocycles. The Balaban J connectivity index is 2.50. The van der Waals surface area contributed by atoms with Gasteiger partial charge in [0.05, 0.1) is 0 Å². The van der Waals surface area contributed by atoms with Gasteiger partial charge in [-0.2, -0.15) is 0 Å². The van der Waals surface area contributed by atoms with Crippen molar-refractivity contribution in [2.24, 2.45) is 4.99 Å². The van der Waals surface area contributed by atoms with Crippen LogP contribution in [-0.2, 0) is 4.79 Å². The maximum Gasteiger partial charge on any atom is 0.243 e. The van der Waals surface area contributed by atoms with Gasteiger partial charge in [0.1, 0.15) is 6.54 Å². The summed E-state index contributed by atoms with van der Waals surface area (Å²) in [4.78, 5) is 20.0. The topological polar surface area (TPSA) is 60.0 Å². The van der Waals surface area contributed by atoms with Crippen molar-refractivity contribution in [1.29, 1.82) is 0 Å². The number of likely N-dealkylation sites (tertiary alicyclic amines) is 1. The van der Waals surface area contributed by atoms with E-state index in [0.717, 1.165) is 32.5 Å². The Bertz CT molecular complexity index is 436. The fourth-order valence-corrected chi connectivity index (χ4v) is 2.42. The van der Waals surface area contributed by atoms with E-state index in [1.807, 2.05) is 0 Å². The normalized spacial score (nSPS) is 16.7. The Morgan fingerprint density at radius 1 is 1.39 bits per heavy atom. The van der Waals surface area contributed by atoms with Gasteiger partial charge in [-0.15, -0.1) is 6.58 Å². The average molecular weight is 321 g/mol. The predicted molar refractivity (Wildman–Crippen MR) is 96.6 cm³/mol. The van der Waals surface area contributed by atoms with Crippen molar-refractivity contribution < 1.29 is 4.79 Å². The van der Waals surface area contributed by atoms with Crippen molar-refractivity contribution in [3.8, 4) is 0 Å². The monoisotopic (exact) mass is 321 g/mol. The summed E-state index contributed by atoms with van der Waals surface area (Å²) in [6.45, 7) is 13.6. The molecule has 0 spiro atoms. The van der Waals surface area contributed by atoms with Gasteiger partial charge in [0.2, 0.25) is 5.91 Å². The molecule has 0 aromatic heterocycles. The number of rotatable bonds is 7. The maximum atomic E-state index is 11.7. The quantitative estimate of drug-likeness (QED) is 0.414. The summed E-state index contributed by atoms with van der Waals surface area (Å²) < 4.78 is 0. The lowest BCUT2D eigenvalue weighted by Crippen LogP contribution is -2.49. The lowest BCUT2D eigenvalue weighted by Gasteiger charge is -2.33. The van der Waals surface area contributed by atoms with Crippen molar-refractivity contribution in [3.05, 3.63) is 24.8 Å². The van der Waals surface area contributed by atoms with Gasteiger partial charge in [-0.05, 0) is 19.8 Å². The predicted octanol–water partition coefficient (Wildman–Crippen LogP) is 0.836. The van der Waals surface area contributed by atoms with Gasteiger partial charge in [-0.25, -0.2) is 4.99 Å². The number of carbonyl (C=O) groups excluding carboxylic acids is 1. The molecule has 1 fully saturated rings. The standard InChI is InChI=1S/C17H31N5O/c1-6-9-18-17(19-12-16(23)21(4)5)20-15-7-10-22(11-8-15)13-14(2)3/h6,15H,1-2,7-13H2,3-5H3,(H2,18,19,20). The molecule has 6 heteroatoms. The highest BCUT2D eigenvalue weighted by molar-refractivity contribution is 5.85. The minimum absolute atomic E-state index is 0.0130. The number of nitrogens with one attached hydrogen (secondary N) is 2. The second-order valence-electron chi connectivity index (χ2n) is 6.27. The van der Waals surface area contributed by atoms with E-state index in [2.05, 4.69) is 40.6 Å². The molecule has 0 saturated carbocycles. The molecule has 0 aromatic carbocycles. The van der Waals surface area contributed by atoms with Gasteiger partial charge in [-0.1, -0.05) is 18.2 Å². The van der Waals surface area contributed by atoms with Crippen LogP contribution in [0.25, 0.3) is 0 Å². The molecule has 0 bridgehead atoms. The molecule has 1 heterocycles. The first-order chi connectivity index (χ1) is 10.9. The van der Waals surface area contributed by atoms with Crippen LogP contribution in [0.1, 0.15) is 19.8 Å². The molecule has 1 aliphatic heterocycles. The molecular formula is C17H31N5O. The van der Waals surface area contributed by atoms with E-state index >= 15 is 0 Å². The van der Waals surface area contributed by atoms with Crippen LogP contribution in [0, 0.1) is 0 Å². The summed E-state index contributed by atoms with van der Waals surface area (Å²) in [5.74, 6) is 0.666. The van der Waals surface area contributed by atoms with Crippen molar-refractivity contribution >= 4 is 11.9 Å². The highest BCUT2D eigenvalue weighted by Gasteiger charge is 2.19. The van der Waals surface area contributed by atoms with Crippen LogP contribution < -0.4 is 10.6 Å². The van der Waals surface area contributed by atoms with Crippen molar-refractivity contribution in [3.63, 3.8) is 0 Å². The number of piperidine rings is 1. The van der Waals surface area contributed by atoms with Crippen LogP contribution in [0.5, 0.6) is 0 Å². The fraction of sp³-hybridized carbons (Fsp3) is 0.647. The number of nitrogens with zero attached hydrogens (tertiary/aromatic N) is 3. The van der Waals surface area contributed by atoms with Crippen LogP contribution in [0.2, 0.25) is 0 Å². The molecule has 0 radical (unpaired) electrons. The summed E-state index contributed by atoms with van der Waals surface area (Å²) >= 11 is 0. The number of likely N-dealkylation sites (N-methyl/N-ethyl adjacent to an activating group) is 1. The molecule has 6 nitrogen and oxygen atoms in total. The summed E-state index contributed by atoms with van der Waals surface area (Å²) in [7, 11) is 3.47. The SMILES string of the molecule is C=CCNC(=NCC(=O)N(C)C)NC1CCN(CC(=C)C)CC1. The van der Waals surface area contributed by atoms with Crippen LogP contribution >= 0.6 is 0 Å². The molecule has 0 unspecified atom stereocenters. The third-order valence-corrected chi connectivity index (χ3v) is 3.71. The number of carbonyl (C=O) groups is 1. The summed E-state index contributed by atoms with van der Waals surface area (Å²) in [6, 6.07) is 0.377. The smallest absolute Gasteiger partial charge is 0.243 e. The van der Waals surface area contributed by atoms with Crippen molar-refractivity contribution in [2.75, 3.05) is 46.8 Å². The van der Waals surface area contributed by atoms with Gasteiger partial charge in [-0.3, -0.25) is 9.69 Å². The third-order valence-electron chi connectivity index (χ3n) is 3.71. The lowest BCUT2D eigenvalue weighted by molar-refractivity contribution is -0.127. The Morgan fingerprint density at radius 2 is 2.04 bits per heavy atom. The van der Waals surface area contributed by atoms with Crippen LogP contribution in [-0.4, -0.2) is 74.5 Å². The molecular weight excluding hydrogens is 290 g/mol. The van der Waals surface area contributed by atoms with E-state index in [-0.39, 0.29) is 12.5 Å². The zero-order chi connectivity index (χ0) is 17.2. The molecule has 1 amide bonds. The molecule has 0 atom stereocenters. The van der Waals surface area contributed by atoms with Gasteiger partial charge < -0.3 is 15.5 Å². The largest absolute Gasteiger partial charge is 0.354 e. The summed E-state index contributed by atoms with van der Waals surface area (Å²) in [5.41, 5.74) is 1.20. The average Bonchev–Trinajstić information content (AvgIpc) is 2.50. The summed E-state index contributed by atoms with van der Waals surface area (Å²) in [6.07, 6.45) is 3.90. The van der Waals surface area contributed by atoms with Gasteiger partial charge in [0.25, 0.3) is 0 Å². The second-order valence-corrected chi connectivity index (χ2v) is 6.27. The molecule has 1 aliphatic rings. The second kappa shape index (κ2) is 10.0. The fourth-order valence-electron chi connectivity index (χ4n) is 2.42. The Kier molecular flexibility index (Phi) is 8.40. The van der Waals surface area contributed by atoms with E-state index in [0.29, 0.717) is 18.5 Å². The molecule has 130 valence electrons. The van der Waals surface area contributed by atoms with E-state index in [4.69, 9.17) is 0 Å². The minimum atomic E-state index is -0.0130. The number of hydrogen-bond donors (Lipinski definition) is 2. The van der Waals surface area contributed by atoms with E-state index in [1.165, 1.54) is 5.57 Å². The third kappa shape index (κ3) is 7.83. The van der Waals surface area contributed by atoms with Crippen LogP contribution in [0.4, 0.5) is 0 Å². The number of guanidine groups is 1. The van der Waals surface area contributed by atoms with Crippen molar-refractivity contribution in [2.45, 2.75) is 25.8 Å². The first kappa shape index (κ1) is 19.2. The lowest BCUT2D eigenvalue weighted by atomic mass is 10.0. The first-order valence-corrected chi connectivity index (χ1v) is 8.15. The minimum Gasteiger partial charge on any atom is -0.354 e. The van der Waals surface area contributed by atoms with Gasteiger partial charge in [0, 0.05) is 46.3 Å². The molecule has 1 rings (SSSR count). The maximum absolute atomic E-state index is 11.7. The zero-order valence-corrected chi connectivity index (χ0v) is 14.8. The van der Waals surface area contributed by atoms with E-state index in [9.17, 15) is 4.79 Å². The Morgan fingerprint density at radius 3 is 2.57 bits per heavy atom. The van der Waals surface area contributed by atoms with Crippen LogP contribution in [0.3, 0.4) is 0 Å².